The van der Waals surface area contributed by atoms with Crippen LogP contribution in [0.15, 0.2) is 24.3 Å². The average molecular weight is 275 g/mol. The molecule has 3 N–H and O–H groups in total. The number of carboxylic acid groups (broad SMARTS) is 1. The van der Waals surface area contributed by atoms with Crippen LogP contribution < -0.4 is 5.32 Å². The van der Waals surface area contributed by atoms with Crippen LogP contribution in [-0.4, -0.2) is 33.2 Å². The van der Waals surface area contributed by atoms with Gasteiger partial charge in [-0.25, -0.2) is 0 Å². The van der Waals surface area contributed by atoms with E-state index in [4.69, 9.17) is 5.11 Å². The molecule has 1 aromatic carbocycles. The number of nitrogens with one attached hydrogen (secondary N) is 2. The van der Waals surface area contributed by atoms with Gasteiger partial charge < -0.3 is 10.4 Å². The van der Waals surface area contributed by atoms with E-state index in [0.717, 1.165) is 10.9 Å². The first-order valence-corrected chi connectivity index (χ1v) is 6.53. The molecule has 0 spiro atoms. The summed E-state index contributed by atoms with van der Waals surface area (Å²) < 4.78 is 0. The predicted molar refractivity (Wildman–Crippen MR) is 74.5 cm³/mol. The van der Waals surface area contributed by atoms with Crippen LogP contribution in [0.1, 0.15) is 36.7 Å². The molecule has 0 fully saturated rings. The molecule has 106 valence electrons. The summed E-state index contributed by atoms with van der Waals surface area (Å²) >= 11 is 0. The van der Waals surface area contributed by atoms with Crippen LogP contribution in [0.25, 0.3) is 10.9 Å². The number of carboxylic acids is 1. The summed E-state index contributed by atoms with van der Waals surface area (Å²) in [5, 5.41) is 19.0. The molecule has 1 unspecified atom stereocenters. The first-order valence-electron chi connectivity index (χ1n) is 6.53. The van der Waals surface area contributed by atoms with Gasteiger partial charge in [0.1, 0.15) is 0 Å². The summed E-state index contributed by atoms with van der Waals surface area (Å²) in [5.74, 6) is -1.06. The van der Waals surface area contributed by atoms with Gasteiger partial charge in [-0.1, -0.05) is 18.2 Å². The molecule has 0 aliphatic rings. The number of hydrogen-bond acceptors (Lipinski definition) is 3. The number of hydrogen-bond donors (Lipinski definition) is 3. The van der Waals surface area contributed by atoms with E-state index in [1.165, 1.54) is 0 Å². The zero-order valence-corrected chi connectivity index (χ0v) is 11.2. The van der Waals surface area contributed by atoms with Crippen molar-refractivity contribution in [3.8, 4) is 0 Å². The number of amides is 1. The highest BCUT2D eigenvalue weighted by molar-refractivity contribution is 6.04. The number of aromatic nitrogens is 2. The summed E-state index contributed by atoms with van der Waals surface area (Å²) in [6.07, 6.45) is 1.28. The number of fused-ring (bicyclic) bond motifs is 1. The molecule has 0 aliphatic heterocycles. The number of aromatic amines is 1. The zero-order valence-electron chi connectivity index (χ0n) is 11.2. The second-order valence-corrected chi connectivity index (χ2v) is 4.78. The highest BCUT2D eigenvalue weighted by atomic mass is 16.4. The number of nitrogens with zero attached hydrogens (tertiary/aromatic N) is 1. The Hall–Kier alpha value is -2.37. The fourth-order valence-corrected chi connectivity index (χ4v) is 2.06. The van der Waals surface area contributed by atoms with E-state index in [-0.39, 0.29) is 18.4 Å². The van der Waals surface area contributed by atoms with E-state index >= 15 is 0 Å². The number of para-hydroxylation sites is 1. The first kappa shape index (κ1) is 14.0. The zero-order chi connectivity index (χ0) is 14.5. The minimum atomic E-state index is -0.818. The molecule has 0 aliphatic carbocycles. The van der Waals surface area contributed by atoms with Crippen LogP contribution >= 0.6 is 0 Å². The van der Waals surface area contributed by atoms with E-state index in [1.807, 2.05) is 31.2 Å². The van der Waals surface area contributed by atoms with Crippen LogP contribution in [-0.2, 0) is 4.79 Å². The number of H-pyrrole nitrogens is 1. The van der Waals surface area contributed by atoms with Gasteiger partial charge in [0, 0.05) is 17.8 Å². The average Bonchev–Trinajstić information content (AvgIpc) is 2.82. The monoisotopic (exact) mass is 275 g/mol. The summed E-state index contributed by atoms with van der Waals surface area (Å²) in [6, 6.07) is 7.33. The number of aliphatic carboxylic acids is 1. The molecule has 2 rings (SSSR count). The molecule has 1 heterocycles. The summed E-state index contributed by atoms with van der Waals surface area (Å²) in [4.78, 5) is 22.6. The molecule has 0 radical (unpaired) electrons. The van der Waals surface area contributed by atoms with Gasteiger partial charge in [-0.2, -0.15) is 5.10 Å². The lowest BCUT2D eigenvalue weighted by Gasteiger charge is -2.12. The molecule has 1 amide bonds. The van der Waals surface area contributed by atoms with Crippen molar-refractivity contribution in [2.75, 3.05) is 0 Å². The van der Waals surface area contributed by atoms with Crippen LogP contribution in [0.2, 0.25) is 0 Å². The van der Waals surface area contributed by atoms with Crippen LogP contribution in [0.4, 0.5) is 0 Å². The Morgan fingerprint density at radius 3 is 2.90 bits per heavy atom. The lowest BCUT2D eigenvalue weighted by Crippen LogP contribution is -2.32. The molecular formula is C14H17N3O3. The largest absolute Gasteiger partial charge is 0.481 e. The smallest absolute Gasteiger partial charge is 0.303 e. The quantitative estimate of drug-likeness (QED) is 0.750. The van der Waals surface area contributed by atoms with Crippen molar-refractivity contribution in [1.29, 1.82) is 0 Å². The van der Waals surface area contributed by atoms with Gasteiger partial charge in [0.25, 0.3) is 5.91 Å². The standard InChI is InChI=1S/C14H17N3O3/c1-9(5-4-8-12(18)19)15-14(20)13-10-6-2-3-7-11(10)16-17-13/h2-3,6-7,9H,4-5,8H2,1H3,(H,15,20)(H,16,17)(H,18,19). The molecule has 0 saturated carbocycles. The maximum Gasteiger partial charge on any atom is 0.303 e. The van der Waals surface area contributed by atoms with Crippen molar-refractivity contribution in [2.24, 2.45) is 0 Å². The SMILES string of the molecule is CC(CCCC(=O)O)NC(=O)c1n[nH]c2ccccc12. The van der Waals surface area contributed by atoms with E-state index in [0.29, 0.717) is 18.5 Å². The number of carbonyl (C=O) groups is 2. The van der Waals surface area contributed by atoms with Gasteiger partial charge in [0.15, 0.2) is 5.69 Å². The Bertz CT molecular complexity index is 621. The van der Waals surface area contributed by atoms with Crippen molar-refractivity contribution in [3.63, 3.8) is 0 Å². The minimum Gasteiger partial charge on any atom is -0.481 e. The third kappa shape index (κ3) is 3.34. The van der Waals surface area contributed by atoms with Crippen molar-refractivity contribution in [1.82, 2.24) is 15.5 Å². The number of carbonyl (C=O) groups excluding carboxylic acids is 1. The molecule has 6 heteroatoms. The molecule has 6 nitrogen and oxygen atoms in total. The molecule has 2 aromatic rings. The lowest BCUT2D eigenvalue weighted by molar-refractivity contribution is -0.137. The van der Waals surface area contributed by atoms with E-state index in [9.17, 15) is 9.59 Å². The Morgan fingerprint density at radius 1 is 1.40 bits per heavy atom. The fourth-order valence-electron chi connectivity index (χ4n) is 2.06. The van der Waals surface area contributed by atoms with E-state index < -0.39 is 5.97 Å². The van der Waals surface area contributed by atoms with Gasteiger partial charge in [0.2, 0.25) is 0 Å². The summed E-state index contributed by atoms with van der Waals surface area (Å²) in [6.45, 7) is 1.86. The Labute approximate surface area is 116 Å². The molecule has 1 atom stereocenters. The molecule has 0 bridgehead atoms. The Balaban J connectivity index is 1.96. The van der Waals surface area contributed by atoms with E-state index in [2.05, 4.69) is 15.5 Å². The highest BCUT2D eigenvalue weighted by Crippen LogP contribution is 2.15. The maximum absolute atomic E-state index is 12.1. The van der Waals surface area contributed by atoms with Crippen molar-refractivity contribution in [3.05, 3.63) is 30.0 Å². The van der Waals surface area contributed by atoms with Gasteiger partial charge in [-0.15, -0.1) is 0 Å². The molecule has 0 saturated heterocycles. The van der Waals surface area contributed by atoms with Crippen molar-refractivity contribution < 1.29 is 14.7 Å². The predicted octanol–water partition coefficient (Wildman–Crippen LogP) is 1.94. The number of rotatable bonds is 6. The third-order valence-corrected chi connectivity index (χ3v) is 3.09. The normalized spacial score (nSPS) is 12.2. The number of benzene rings is 1. The van der Waals surface area contributed by atoms with Crippen molar-refractivity contribution >= 4 is 22.8 Å². The summed E-state index contributed by atoms with van der Waals surface area (Å²) in [5.41, 5.74) is 1.18. The topological polar surface area (TPSA) is 95.1 Å². The molecule has 20 heavy (non-hydrogen) atoms. The second kappa shape index (κ2) is 6.18. The van der Waals surface area contributed by atoms with E-state index in [1.54, 1.807) is 0 Å². The van der Waals surface area contributed by atoms with Gasteiger partial charge in [0.05, 0.1) is 5.52 Å². The van der Waals surface area contributed by atoms with Gasteiger partial charge >= 0.3 is 5.97 Å². The van der Waals surface area contributed by atoms with Crippen LogP contribution in [0, 0.1) is 0 Å². The Kier molecular flexibility index (Phi) is 4.34. The first-order chi connectivity index (χ1) is 9.58. The minimum absolute atomic E-state index is 0.0858. The van der Waals surface area contributed by atoms with Gasteiger partial charge in [-0.3, -0.25) is 14.7 Å². The van der Waals surface area contributed by atoms with Gasteiger partial charge in [-0.05, 0) is 25.8 Å². The fraction of sp³-hybridized carbons (Fsp3) is 0.357. The second-order valence-electron chi connectivity index (χ2n) is 4.78. The highest BCUT2D eigenvalue weighted by Gasteiger charge is 2.15. The van der Waals surface area contributed by atoms with Crippen LogP contribution in [0.5, 0.6) is 0 Å². The maximum atomic E-state index is 12.1. The lowest BCUT2D eigenvalue weighted by atomic mass is 10.1. The van der Waals surface area contributed by atoms with Crippen LogP contribution in [0.3, 0.4) is 0 Å². The third-order valence-electron chi connectivity index (χ3n) is 3.09. The molecule has 1 aromatic heterocycles. The Morgan fingerprint density at radius 2 is 2.15 bits per heavy atom. The van der Waals surface area contributed by atoms with Crippen molar-refractivity contribution in [2.45, 2.75) is 32.2 Å². The summed E-state index contributed by atoms with van der Waals surface area (Å²) in [7, 11) is 0. The molecular weight excluding hydrogens is 258 g/mol.